The van der Waals surface area contributed by atoms with Crippen LogP contribution in [0.25, 0.3) is 0 Å². The fourth-order valence-electron chi connectivity index (χ4n) is 3.98. The van der Waals surface area contributed by atoms with Crippen molar-refractivity contribution in [3.8, 4) is 0 Å². The van der Waals surface area contributed by atoms with Gasteiger partial charge in [-0.15, -0.1) is 0 Å². The maximum atomic E-state index is 13.0. The highest BCUT2D eigenvalue weighted by atomic mass is 16.3. The van der Waals surface area contributed by atoms with Crippen LogP contribution in [-0.4, -0.2) is 48.0 Å². The first kappa shape index (κ1) is 18.6. The smallest absolute Gasteiger partial charge is 0.178 e. The molecule has 1 saturated heterocycles. The van der Waals surface area contributed by atoms with E-state index < -0.39 is 0 Å². The average Bonchev–Trinajstić information content (AvgIpc) is 3.33. The third-order valence-electron chi connectivity index (χ3n) is 5.63. The van der Waals surface area contributed by atoms with Crippen LogP contribution in [0.4, 0.5) is 5.69 Å². The molecule has 0 atom stereocenters. The normalized spacial score (nSPS) is 15.1. The highest BCUT2D eigenvalue weighted by Gasteiger charge is 2.22. The number of ketones is 1. The third kappa shape index (κ3) is 3.90. The summed E-state index contributed by atoms with van der Waals surface area (Å²) < 4.78 is 7.62. The van der Waals surface area contributed by atoms with E-state index in [4.69, 9.17) is 4.42 Å². The lowest BCUT2D eigenvalue weighted by molar-refractivity contribution is 0.0925. The van der Waals surface area contributed by atoms with Crippen LogP contribution in [0.5, 0.6) is 0 Å². The molecule has 0 saturated carbocycles. The van der Waals surface area contributed by atoms with Gasteiger partial charge in [0.2, 0.25) is 0 Å². The number of hydrogen-bond donors (Lipinski definition) is 0. The van der Waals surface area contributed by atoms with E-state index in [1.807, 2.05) is 38.1 Å². The Morgan fingerprint density at radius 2 is 1.75 bits per heavy atom. The summed E-state index contributed by atoms with van der Waals surface area (Å²) in [5, 5.41) is 0. The van der Waals surface area contributed by atoms with E-state index in [1.165, 1.54) is 5.69 Å². The van der Waals surface area contributed by atoms with Crippen LogP contribution in [-0.2, 0) is 6.54 Å². The molecule has 3 aromatic rings. The Morgan fingerprint density at radius 3 is 2.43 bits per heavy atom. The van der Waals surface area contributed by atoms with Crippen LogP contribution in [0.2, 0.25) is 0 Å². The molecule has 0 aliphatic carbocycles. The number of piperazine rings is 1. The second kappa shape index (κ2) is 8.07. The topological polar surface area (TPSA) is 41.6 Å². The van der Waals surface area contributed by atoms with Gasteiger partial charge in [0.1, 0.15) is 5.76 Å². The largest absolute Gasteiger partial charge is 0.467 e. The van der Waals surface area contributed by atoms with Crippen LogP contribution >= 0.6 is 0 Å². The molecule has 0 N–H and O–H groups in total. The van der Waals surface area contributed by atoms with Crippen LogP contribution in [0.15, 0.2) is 59.2 Å². The Hall–Kier alpha value is -2.79. The molecule has 0 radical (unpaired) electrons. The van der Waals surface area contributed by atoms with Crippen molar-refractivity contribution < 1.29 is 9.21 Å². The van der Waals surface area contributed by atoms with Crippen molar-refractivity contribution in [2.24, 2.45) is 0 Å². The van der Waals surface area contributed by atoms with Crippen LogP contribution < -0.4 is 4.90 Å². The number of hydrogen-bond acceptors (Lipinski definition) is 4. The number of rotatable bonds is 6. The molecule has 5 heteroatoms. The number of benzene rings is 1. The predicted octanol–water partition coefficient (Wildman–Crippen LogP) is 3.75. The minimum Gasteiger partial charge on any atom is -0.467 e. The van der Waals surface area contributed by atoms with Crippen molar-refractivity contribution in [2.45, 2.75) is 20.4 Å². The number of carbonyl (C=O) groups excluding carboxylic acids is 1. The second-order valence-electron chi connectivity index (χ2n) is 7.47. The van der Waals surface area contributed by atoms with Crippen molar-refractivity contribution in [1.82, 2.24) is 9.47 Å². The van der Waals surface area contributed by atoms with Crippen molar-refractivity contribution in [3.05, 3.63) is 77.5 Å². The number of carbonyl (C=O) groups is 1. The Kier molecular flexibility index (Phi) is 5.35. The van der Waals surface area contributed by atoms with Gasteiger partial charge in [0.05, 0.1) is 19.4 Å². The molecule has 3 heterocycles. The van der Waals surface area contributed by atoms with E-state index in [9.17, 15) is 4.79 Å². The van der Waals surface area contributed by atoms with Gasteiger partial charge in [-0.1, -0.05) is 18.2 Å². The van der Waals surface area contributed by atoms with Gasteiger partial charge in [0.25, 0.3) is 0 Å². The molecule has 0 amide bonds. The van der Waals surface area contributed by atoms with E-state index in [0.29, 0.717) is 13.1 Å². The lowest BCUT2D eigenvalue weighted by atomic mass is 10.1. The summed E-state index contributed by atoms with van der Waals surface area (Å²) in [5.41, 5.74) is 4.19. The molecule has 0 bridgehead atoms. The van der Waals surface area contributed by atoms with Gasteiger partial charge in [0.15, 0.2) is 5.78 Å². The van der Waals surface area contributed by atoms with E-state index in [2.05, 4.69) is 38.6 Å². The first-order chi connectivity index (χ1) is 13.6. The number of para-hydroxylation sites is 1. The van der Waals surface area contributed by atoms with E-state index >= 15 is 0 Å². The Balaban J connectivity index is 1.38. The summed E-state index contributed by atoms with van der Waals surface area (Å²) in [6, 6.07) is 16.4. The van der Waals surface area contributed by atoms with E-state index in [-0.39, 0.29) is 5.78 Å². The zero-order valence-corrected chi connectivity index (χ0v) is 16.6. The summed E-state index contributed by atoms with van der Waals surface area (Å²) >= 11 is 0. The summed E-state index contributed by atoms with van der Waals surface area (Å²) in [6.07, 6.45) is 1.69. The van der Waals surface area contributed by atoms with Gasteiger partial charge in [-0.2, -0.15) is 0 Å². The first-order valence-corrected chi connectivity index (χ1v) is 9.86. The van der Waals surface area contributed by atoms with Gasteiger partial charge >= 0.3 is 0 Å². The number of aryl methyl sites for hydroxylation is 1. The first-order valence-electron chi connectivity index (χ1n) is 9.86. The summed E-state index contributed by atoms with van der Waals surface area (Å²) in [7, 11) is 0. The third-order valence-corrected chi connectivity index (χ3v) is 5.63. The van der Waals surface area contributed by atoms with Crippen LogP contribution in [0, 0.1) is 13.8 Å². The summed E-state index contributed by atoms with van der Waals surface area (Å²) in [5.74, 6) is 1.10. The molecule has 1 aromatic carbocycles. The Labute approximate surface area is 166 Å². The lowest BCUT2D eigenvalue weighted by Gasteiger charge is -2.35. The van der Waals surface area contributed by atoms with Crippen molar-refractivity contribution in [2.75, 3.05) is 37.6 Å². The number of aromatic nitrogens is 1. The van der Waals surface area contributed by atoms with Crippen molar-refractivity contribution in [3.63, 3.8) is 0 Å². The van der Waals surface area contributed by atoms with Crippen LogP contribution in [0.3, 0.4) is 0 Å². The Bertz CT molecular complexity index is 920. The monoisotopic (exact) mass is 377 g/mol. The quantitative estimate of drug-likeness (QED) is 0.614. The molecule has 0 spiro atoms. The van der Waals surface area contributed by atoms with E-state index in [1.54, 1.807) is 6.26 Å². The molecule has 1 aliphatic rings. The lowest BCUT2D eigenvalue weighted by Crippen LogP contribution is -2.48. The highest BCUT2D eigenvalue weighted by molar-refractivity contribution is 5.99. The van der Waals surface area contributed by atoms with Gasteiger partial charge in [0, 0.05) is 48.8 Å². The molecule has 0 unspecified atom stereocenters. The van der Waals surface area contributed by atoms with Gasteiger partial charge < -0.3 is 13.9 Å². The molecule has 2 aromatic heterocycles. The van der Waals surface area contributed by atoms with Crippen molar-refractivity contribution >= 4 is 11.5 Å². The Morgan fingerprint density at radius 1 is 1.00 bits per heavy atom. The maximum absolute atomic E-state index is 13.0. The standard InChI is InChI=1S/C23H27N3O2/c1-18-15-22(19(2)26(18)16-21-9-6-14-28-21)23(27)17-24-10-12-25(13-11-24)20-7-4-3-5-8-20/h3-9,14-15H,10-13,16-17H2,1-2H3. The van der Waals surface area contributed by atoms with Crippen LogP contribution in [0.1, 0.15) is 27.5 Å². The van der Waals surface area contributed by atoms with Crippen molar-refractivity contribution in [1.29, 1.82) is 0 Å². The maximum Gasteiger partial charge on any atom is 0.178 e. The fourth-order valence-corrected chi connectivity index (χ4v) is 3.98. The van der Waals surface area contributed by atoms with Gasteiger partial charge in [-0.3, -0.25) is 9.69 Å². The molecule has 1 aliphatic heterocycles. The predicted molar refractivity (Wildman–Crippen MR) is 111 cm³/mol. The number of anilines is 1. The second-order valence-corrected chi connectivity index (χ2v) is 7.47. The summed E-state index contributed by atoms with van der Waals surface area (Å²) in [4.78, 5) is 17.6. The summed E-state index contributed by atoms with van der Waals surface area (Å²) in [6.45, 7) is 8.93. The minimum absolute atomic E-state index is 0.201. The molecule has 4 rings (SSSR count). The number of nitrogens with zero attached hydrogens (tertiary/aromatic N) is 3. The molecule has 146 valence electrons. The van der Waals surface area contributed by atoms with Gasteiger partial charge in [-0.25, -0.2) is 0 Å². The molecular formula is C23H27N3O2. The highest BCUT2D eigenvalue weighted by Crippen LogP contribution is 2.20. The molecule has 1 fully saturated rings. The zero-order chi connectivity index (χ0) is 19.5. The minimum atomic E-state index is 0.201. The zero-order valence-electron chi connectivity index (χ0n) is 16.6. The molecule has 28 heavy (non-hydrogen) atoms. The molecular weight excluding hydrogens is 350 g/mol. The molecule has 5 nitrogen and oxygen atoms in total. The number of furan rings is 1. The van der Waals surface area contributed by atoms with E-state index in [0.717, 1.165) is 48.9 Å². The number of Topliss-reactive ketones (excluding diaryl/α,β-unsaturated/α-hetero) is 1. The van der Waals surface area contributed by atoms with Gasteiger partial charge in [-0.05, 0) is 44.2 Å². The average molecular weight is 377 g/mol. The SMILES string of the molecule is Cc1cc(C(=O)CN2CCN(c3ccccc3)CC2)c(C)n1Cc1ccco1. The fraction of sp³-hybridized carbons (Fsp3) is 0.348.